The maximum absolute atomic E-state index is 13.2. The summed E-state index contributed by atoms with van der Waals surface area (Å²) in [7, 11) is -0.959. The lowest BCUT2D eigenvalue weighted by atomic mass is 10.0. The minimum atomic E-state index is -3.02. The van der Waals surface area contributed by atoms with Crippen molar-refractivity contribution < 1.29 is 17.9 Å². The van der Waals surface area contributed by atoms with Gasteiger partial charge in [0.25, 0.3) is 5.91 Å². The summed E-state index contributed by atoms with van der Waals surface area (Å²) < 4.78 is 30.4. The van der Waals surface area contributed by atoms with E-state index in [-0.39, 0.29) is 36.6 Å². The molecule has 26 heavy (non-hydrogen) atoms. The second kappa shape index (κ2) is 6.92. The Morgan fingerprint density at radius 2 is 1.92 bits per heavy atom. The van der Waals surface area contributed by atoms with Gasteiger partial charge in [0.1, 0.15) is 0 Å². The predicted molar refractivity (Wildman–Crippen MR) is 103 cm³/mol. The fourth-order valence-electron chi connectivity index (χ4n) is 3.56. The normalized spacial score (nSPS) is 24.0. The first kappa shape index (κ1) is 17.9. The lowest BCUT2D eigenvalue weighted by Crippen LogP contribution is -2.44. The highest BCUT2D eigenvalue weighted by Crippen LogP contribution is 2.38. The Kier molecular flexibility index (Phi) is 4.77. The van der Waals surface area contributed by atoms with Crippen LogP contribution in [0.25, 0.3) is 10.1 Å². The van der Waals surface area contributed by atoms with Crippen LogP contribution in [0.15, 0.2) is 24.3 Å². The van der Waals surface area contributed by atoms with Crippen LogP contribution >= 0.6 is 11.3 Å². The highest BCUT2D eigenvalue weighted by atomic mass is 32.2. The van der Waals surface area contributed by atoms with Crippen molar-refractivity contribution in [1.82, 2.24) is 9.80 Å². The third kappa shape index (κ3) is 3.38. The largest absolute Gasteiger partial charge is 0.371 e. The van der Waals surface area contributed by atoms with Crippen molar-refractivity contribution in [3.8, 4) is 0 Å². The van der Waals surface area contributed by atoms with Gasteiger partial charge in [0, 0.05) is 36.4 Å². The summed E-state index contributed by atoms with van der Waals surface area (Å²) in [4.78, 5) is 17.8. The summed E-state index contributed by atoms with van der Waals surface area (Å²) in [6, 6.07) is 8.01. The molecule has 2 aliphatic rings. The monoisotopic (exact) mass is 394 g/mol. The molecule has 0 saturated carbocycles. The molecule has 1 aromatic carbocycles. The molecule has 140 valence electrons. The van der Waals surface area contributed by atoms with Crippen molar-refractivity contribution in [3.05, 3.63) is 34.7 Å². The minimum Gasteiger partial charge on any atom is -0.371 e. The van der Waals surface area contributed by atoms with Crippen LogP contribution in [-0.2, 0) is 14.6 Å². The molecule has 3 heterocycles. The van der Waals surface area contributed by atoms with Gasteiger partial charge in [-0.15, -0.1) is 11.3 Å². The van der Waals surface area contributed by atoms with Crippen LogP contribution in [0, 0.1) is 0 Å². The number of nitrogens with zero attached hydrogens (tertiary/aromatic N) is 2. The Morgan fingerprint density at radius 3 is 2.65 bits per heavy atom. The molecule has 2 aliphatic heterocycles. The van der Waals surface area contributed by atoms with Crippen molar-refractivity contribution in [2.75, 3.05) is 51.3 Å². The zero-order valence-electron chi connectivity index (χ0n) is 14.7. The molecule has 8 heteroatoms. The number of likely N-dealkylation sites (N-methyl/N-ethyl adjacent to an activating group) is 1. The fraction of sp³-hybridized carbons (Fsp3) is 0.500. The number of thiophene rings is 1. The van der Waals surface area contributed by atoms with Crippen molar-refractivity contribution >= 4 is 37.2 Å². The van der Waals surface area contributed by atoms with E-state index >= 15 is 0 Å². The molecule has 4 rings (SSSR count). The first-order chi connectivity index (χ1) is 12.4. The average molecular weight is 395 g/mol. The molecule has 1 atom stereocenters. The highest BCUT2D eigenvalue weighted by molar-refractivity contribution is 7.91. The van der Waals surface area contributed by atoms with Gasteiger partial charge in [-0.3, -0.25) is 4.79 Å². The van der Waals surface area contributed by atoms with Crippen molar-refractivity contribution in [2.45, 2.75) is 6.10 Å². The molecule has 1 amide bonds. The zero-order valence-corrected chi connectivity index (χ0v) is 16.3. The Morgan fingerprint density at radius 1 is 1.19 bits per heavy atom. The van der Waals surface area contributed by atoms with Gasteiger partial charge in [-0.1, -0.05) is 18.2 Å². The van der Waals surface area contributed by atoms with Crippen LogP contribution in [0.4, 0.5) is 0 Å². The smallest absolute Gasteiger partial charge is 0.264 e. The van der Waals surface area contributed by atoms with Gasteiger partial charge in [0.05, 0.1) is 29.1 Å². The Bertz CT molecular complexity index is 924. The third-order valence-corrected chi connectivity index (χ3v) is 7.83. The number of morpholine rings is 1. The lowest BCUT2D eigenvalue weighted by molar-refractivity contribution is -0.0203. The van der Waals surface area contributed by atoms with Crippen LogP contribution in [0.5, 0.6) is 0 Å². The van der Waals surface area contributed by atoms with Crippen LogP contribution < -0.4 is 0 Å². The van der Waals surface area contributed by atoms with E-state index in [1.54, 1.807) is 4.90 Å². The molecular weight excluding hydrogens is 372 g/mol. The second-order valence-electron chi connectivity index (χ2n) is 6.91. The molecule has 0 bridgehead atoms. The molecule has 0 radical (unpaired) electrons. The summed E-state index contributed by atoms with van der Waals surface area (Å²) in [5.74, 6) is 0.0106. The SMILES string of the molecule is CN1CCO[C@@H](c2c(C(=O)N3CCS(=O)(=O)CC3)sc3ccccc23)C1. The molecule has 0 aliphatic carbocycles. The number of amides is 1. The van der Waals surface area contributed by atoms with E-state index in [1.165, 1.54) is 11.3 Å². The van der Waals surface area contributed by atoms with Crippen molar-refractivity contribution in [2.24, 2.45) is 0 Å². The Hall–Kier alpha value is -1.48. The van der Waals surface area contributed by atoms with E-state index in [1.807, 2.05) is 24.3 Å². The minimum absolute atomic E-state index is 0.0433. The number of hydrogen-bond donors (Lipinski definition) is 0. The fourth-order valence-corrected chi connectivity index (χ4v) is 5.98. The zero-order chi connectivity index (χ0) is 18.3. The number of hydrogen-bond acceptors (Lipinski definition) is 6. The van der Waals surface area contributed by atoms with E-state index < -0.39 is 9.84 Å². The number of fused-ring (bicyclic) bond motifs is 1. The summed E-state index contributed by atoms with van der Waals surface area (Å²) in [5, 5.41) is 1.06. The van der Waals surface area contributed by atoms with Crippen LogP contribution in [-0.4, -0.2) is 75.5 Å². The summed E-state index contributed by atoms with van der Waals surface area (Å²) in [6.07, 6.45) is -0.141. The summed E-state index contributed by atoms with van der Waals surface area (Å²) in [5.41, 5.74) is 0.954. The van der Waals surface area contributed by atoms with Gasteiger partial charge < -0.3 is 14.5 Å². The third-order valence-electron chi connectivity index (χ3n) is 5.05. The average Bonchev–Trinajstić information content (AvgIpc) is 3.00. The molecule has 2 aromatic rings. The number of carbonyl (C=O) groups is 1. The Balaban J connectivity index is 1.72. The molecule has 6 nitrogen and oxygen atoms in total. The molecular formula is C18H22N2O4S2. The molecule has 0 N–H and O–H groups in total. The van der Waals surface area contributed by atoms with Gasteiger partial charge in [-0.25, -0.2) is 8.42 Å². The van der Waals surface area contributed by atoms with E-state index in [9.17, 15) is 13.2 Å². The molecule has 1 aromatic heterocycles. The number of sulfone groups is 1. The number of carbonyl (C=O) groups excluding carboxylic acids is 1. The molecule has 0 spiro atoms. The van der Waals surface area contributed by atoms with Crippen LogP contribution in [0.1, 0.15) is 21.3 Å². The first-order valence-corrected chi connectivity index (χ1v) is 11.4. The molecule has 2 saturated heterocycles. The first-order valence-electron chi connectivity index (χ1n) is 8.76. The molecule has 2 fully saturated rings. The van der Waals surface area contributed by atoms with E-state index in [0.29, 0.717) is 11.5 Å². The molecule has 0 unspecified atom stereocenters. The van der Waals surface area contributed by atoms with Crippen LogP contribution in [0.2, 0.25) is 0 Å². The van der Waals surface area contributed by atoms with Gasteiger partial charge in [-0.05, 0) is 18.5 Å². The highest BCUT2D eigenvalue weighted by Gasteiger charge is 2.32. The topological polar surface area (TPSA) is 66.9 Å². The van der Waals surface area contributed by atoms with E-state index in [4.69, 9.17) is 4.74 Å². The number of ether oxygens (including phenoxy) is 1. The summed E-state index contributed by atoms with van der Waals surface area (Å²) in [6.45, 7) is 2.79. The maximum Gasteiger partial charge on any atom is 0.264 e. The van der Waals surface area contributed by atoms with Gasteiger partial charge in [0.2, 0.25) is 0 Å². The second-order valence-corrected chi connectivity index (χ2v) is 10.3. The van der Waals surface area contributed by atoms with Crippen molar-refractivity contribution in [1.29, 1.82) is 0 Å². The van der Waals surface area contributed by atoms with Gasteiger partial charge in [0.15, 0.2) is 9.84 Å². The van der Waals surface area contributed by atoms with Crippen LogP contribution in [0.3, 0.4) is 0 Å². The van der Waals surface area contributed by atoms with Gasteiger partial charge in [-0.2, -0.15) is 0 Å². The van der Waals surface area contributed by atoms with Crippen molar-refractivity contribution in [3.63, 3.8) is 0 Å². The lowest BCUT2D eigenvalue weighted by Gasteiger charge is -2.31. The summed E-state index contributed by atoms with van der Waals surface area (Å²) >= 11 is 1.48. The predicted octanol–water partition coefficient (Wildman–Crippen LogP) is 1.77. The quantitative estimate of drug-likeness (QED) is 0.777. The maximum atomic E-state index is 13.2. The number of rotatable bonds is 2. The standard InChI is InChI=1S/C18H22N2O4S2/c1-19-6-9-24-14(12-19)16-13-4-2-3-5-15(13)25-17(16)18(21)20-7-10-26(22,23)11-8-20/h2-5,14H,6-12H2,1H3/t14-/m1/s1. The Labute approximate surface area is 157 Å². The van der Waals surface area contributed by atoms with E-state index in [2.05, 4.69) is 11.9 Å². The van der Waals surface area contributed by atoms with E-state index in [0.717, 1.165) is 28.7 Å². The number of benzene rings is 1. The van der Waals surface area contributed by atoms with Gasteiger partial charge >= 0.3 is 0 Å².